The highest BCUT2D eigenvalue weighted by Crippen LogP contribution is 2.08. The molecular weight excluding hydrogens is 216 g/mol. The monoisotopic (exact) mass is 230 g/mol. The molecule has 0 saturated heterocycles. The first-order chi connectivity index (χ1) is 8.38. The van der Waals surface area contributed by atoms with Crippen LogP contribution in [-0.4, -0.2) is 22.1 Å². The van der Waals surface area contributed by atoms with Crippen molar-refractivity contribution in [2.24, 2.45) is 0 Å². The Balaban J connectivity index is 1.86. The molecule has 2 rings (SSSR count). The number of hydrogen-bond acceptors (Lipinski definition) is 5. The van der Waals surface area contributed by atoms with E-state index in [9.17, 15) is 0 Å². The molecule has 0 radical (unpaired) electrons. The molecule has 2 heterocycles. The summed E-state index contributed by atoms with van der Waals surface area (Å²) in [6.45, 7) is 1.44. The lowest BCUT2D eigenvalue weighted by atomic mass is 10.2. The third-order valence-corrected chi connectivity index (χ3v) is 2.26. The van der Waals surface area contributed by atoms with Crippen LogP contribution < -0.4 is 10.1 Å². The van der Waals surface area contributed by atoms with Gasteiger partial charge in [-0.1, -0.05) is 0 Å². The SMILES string of the molecule is COc1cc(CNCc2cnccn2)ccn1. The third-order valence-electron chi connectivity index (χ3n) is 2.26. The highest BCUT2D eigenvalue weighted by molar-refractivity contribution is 5.20. The Kier molecular flexibility index (Phi) is 3.99. The maximum atomic E-state index is 5.06. The molecule has 0 bridgehead atoms. The van der Waals surface area contributed by atoms with Crippen molar-refractivity contribution in [3.8, 4) is 5.88 Å². The second-order valence-electron chi connectivity index (χ2n) is 3.51. The standard InChI is InChI=1S/C12H14N4O/c1-17-12-6-10(2-3-16-12)7-14-9-11-8-13-4-5-15-11/h2-6,8,14H,7,9H2,1H3. The van der Waals surface area contributed by atoms with Crippen LogP contribution in [0.15, 0.2) is 36.9 Å². The number of aromatic nitrogens is 3. The van der Waals surface area contributed by atoms with E-state index in [1.807, 2.05) is 12.1 Å². The maximum absolute atomic E-state index is 5.06. The van der Waals surface area contributed by atoms with Crippen LogP contribution in [0.2, 0.25) is 0 Å². The Morgan fingerprint density at radius 2 is 2.12 bits per heavy atom. The Morgan fingerprint density at radius 1 is 1.18 bits per heavy atom. The van der Waals surface area contributed by atoms with Crippen LogP contribution in [0.25, 0.3) is 0 Å². The summed E-state index contributed by atoms with van der Waals surface area (Å²) < 4.78 is 5.06. The molecule has 2 aromatic heterocycles. The fourth-order valence-electron chi connectivity index (χ4n) is 1.43. The van der Waals surface area contributed by atoms with Crippen LogP contribution in [0.3, 0.4) is 0 Å². The average Bonchev–Trinajstić information content (AvgIpc) is 2.40. The van der Waals surface area contributed by atoms with Gasteiger partial charge in [-0.3, -0.25) is 9.97 Å². The van der Waals surface area contributed by atoms with Gasteiger partial charge in [0.05, 0.1) is 12.8 Å². The molecule has 0 saturated carbocycles. The molecule has 88 valence electrons. The zero-order valence-corrected chi connectivity index (χ0v) is 9.63. The number of methoxy groups -OCH3 is 1. The Hall–Kier alpha value is -2.01. The van der Waals surface area contributed by atoms with Gasteiger partial charge in [-0.15, -0.1) is 0 Å². The lowest BCUT2D eigenvalue weighted by molar-refractivity contribution is 0.397. The molecule has 0 aromatic carbocycles. The van der Waals surface area contributed by atoms with E-state index in [4.69, 9.17) is 4.74 Å². The molecule has 0 unspecified atom stereocenters. The molecule has 0 amide bonds. The van der Waals surface area contributed by atoms with E-state index in [-0.39, 0.29) is 0 Å². The minimum Gasteiger partial charge on any atom is -0.481 e. The number of nitrogens with one attached hydrogen (secondary N) is 1. The molecule has 0 aliphatic heterocycles. The van der Waals surface area contributed by atoms with Crippen molar-refractivity contribution in [3.63, 3.8) is 0 Å². The van der Waals surface area contributed by atoms with Crippen molar-refractivity contribution in [1.29, 1.82) is 0 Å². The largest absolute Gasteiger partial charge is 0.481 e. The third kappa shape index (κ3) is 3.49. The first-order valence-corrected chi connectivity index (χ1v) is 5.33. The van der Waals surface area contributed by atoms with Gasteiger partial charge in [0.2, 0.25) is 5.88 Å². The second-order valence-corrected chi connectivity index (χ2v) is 3.51. The normalized spacial score (nSPS) is 10.2. The summed E-state index contributed by atoms with van der Waals surface area (Å²) in [5.41, 5.74) is 2.05. The molecule has 5 nitrogen and oxygen atoms in total. The van der Waals surface area contributed by atoms with E-state index < -0.39 is 0 Å². The van der Waals surface area contributed by atoms with E-state index in [2.05, 4.69) is 20.3 Å². The van der Waals surface area contributed by atoms with Crippen molar-refractivity contribution in [1.82, 2.24) is 20.3 Å². The molecule has 0 atom stereocenters. The first-order valence-electron chi connectivity index (χ1n) is 5.33. The highest BCUT2D eigenvalue weighted by atomic mass is 16.5. The van der Waals surface area contributed by atoms with Gasteiger partial charge in [0.1, 0.15) is 0 Å². The van der Waals surface area contributed by atoms with Crippen LogP contribution in [0, 0.1) is 0 Å². The second kappa shape index (κ2) is 5.91. The molecule has 0 spiro atoms. The van der Waals surface area contributed by atoms with E-state index in [1.165, 1.54) is 0 Å². The van der Waals surface area contributed by atoms with Gasteiger partial charge in [-0.05, 0) is 11.6 Å². The lowest BCUT2D eigenvalue weighted by Gasteiger charge is -2.05. The number of rotatable bonds is 5. The molecule has 0 fully saturated rings. The van der Waals surface area contributed by atoms with Gasteiger partial charge in [0, 0.05) is 43.9 Å². The molecule has 5 heteroatoms. The number of nitrogens with zero attached hydrogens (tertiary/aromatic N) is 3. The quantitative estimate of drug-likeness (QED) is 0.835. The van der Waals surface area contributed by atoms with Gasteiger partial charge < -0.3 is 10.1 Å². The van der Waals surface area contributed by atoms with Crippen LogP contribution in [0.5, 0.6) is 5.88 Å². The Labute approximate surface area is 99.9 Å². The van der Waals surface area contributed by atoms with Crippen molar-refractivity contribution in [3.05, 3.63) is 48.2 Å². The van der Waals surface area contributed by atoms with E-state index >= 15 is 0 Å². The zero-order chi connectivity index (χ0) is 11.9. The van der Waals surface area contributed by atoms with E-state index in [0.717, 1.165) is 17.8 Å². The van der Waals surface area contributed by atoms with Crippen LogP contribution in [0.4, 0.5) is 0 Å². The van der Waals surface area contributed by atoms with Gasteiger partial charge in [-0.25, -0.2) is 4.98 Å². The Bertz CT molecular complexity index is 461. The van der Waals surface area contributed by atoms with E-state index in [0.29, 0.717) is 12.4 Å². The fourth-order valence-corrected chi connectivity index (χ4v) is 1.43. The highest BCUT2D eigenvalue weighted by Gasteiger charge is 1.97. The minimum absolute atomic E-state index is 0.629. The van der Waals surface area contributed by atoms with Crippen LogP contribution >= 0.6 is 0 Å². The van der Waals surface area contributed by atoms with Crippen LogP contribution in [-0.2, 0) is 13.1 Å². The van der Waals surface area contributed by atoms with Crippen molar-refractivity contribution < 1.29 is 4.74 Å². The van der Waals surface area contributed by atoms with Crippen LogP contribution in [0.1, 0.15) is 11.3 Å². The lowest BCUT2D eigenvalue weighted by Crippen LogP contribution is -2.13. The minimum atomic E-state index is 0.629. The molecular formula is C12H14N4O. The topological polar surface area (TPSA) is 59.9 Å². The summed E-state index contributed by atoms with van der Waals surface area (Å²) >= 11 is 0. The fraction of sp³-hybridized carbons (Fsp3) is 0.250. The predicted molar refractivity (Wildman–Crippen MR) is 63.4 cm³/mol. The summed E-state index contributed by atoms with van der Waals surface area (Å²) in [5.74, 6) is 0.629. The van der Waals surface area contributed by atoms with Crippen molar-refractivity contribution in [2.75, 3.05) is 7.11 Å². The molecule has 0 aliphatic carbocycles. The van der Waals surface area contributed by atoms with Gasteiger partial charge in [0.15, 0.2) is 0 Å². The van der Waals surface area contributed by atoms with Gasteiger partial charge >= 0.3 is 0 Å². The smallest absolute Gasteiger partial charge is 0.213 e. The number of ether oxygens (including phenoxy) is 1. The first kappa shape index (κ1) is 11.5. The van der Waals surface area contributed by atoms with Gasteiger partial charge in [-0.2, -0.15) is 0 Å². The average molecular weight is 230 g/mol. The summed E-state index contributed by atoms with van der Waals surface area (Å²) in [4.78, 5) is 12.2. The molecule has 0 aliphatic rings. The van der Waals surface area contributed by atoms with Crippen molar-refractivity contribution >= 4 is 0 Å². The van der Waals surface area contributed by atoms with Gasteiger partial charge in [0.25, 0.3) is 0 Å². The number of pyridine rings is 1. The molecule has 1 N–H and O–H groups in total. The van der Waals surface area contributed by atoms with Crippen molar-refractivity contribution in [2.45, 2.75) is 13.1 Å². The summed E-state index contributed by atoms with van der Waals surface area (Å²) in [7, 11) is 1.61. The Morgan fingerprint density at radius 3 is 2.88 bits per heavy atom. The summed E-state index contributed by atoms with van der Waals surface area (Å²) in [6, 6.07) is 3.86. The molecule has 2 aromatic rings. The zero-order valence-electron chi connectivity index (χ0n) is 9.63. The maximum Gasteiger partial charge on any atom is 0.213 e. The summed E-state index contributed by atoms with van der Waals surface area (Å²) in [6.07, 6.45) is 6.84. The molecule has 17 heavy (non-hydrogen) atoms. The number of hydrogen-bond donors (Lipinski definition) is 1. The van der Waals surface area contributed by atoms with E-state index in [1.54, 1.807) is 31.9 Å². The predicted octanol–water partition coefficient (Wildman–Crippen LogP) is 1.17. The summed E-state index contributed by atoms with van der Waals surface area (Å²) in [5, 5.41) is 3.28.